The predicted molar refractivity (Wildman–Crippen MR) is 149 cm³/mol. The van der Waals surface area contributed by atoms with Crippen molar-refractivity contribution in [2.75, 3.05) is 0 Å². The lowest BCUT2D eigenvalue weighted by Crippen LogP contribution is -2.01. The zero-order valence-electron chi connectivity index (χ0n) is 22.3. The summed E-state index contributed by atoms with van der Waals surface area (Å²) in [4.78, 5) is 0. The van der Waals surface area contributed by atoms with Gasteiger partial charge in [0.25, 0.3) is 0 Å². The van der Waals surface area contributed by atoms with Gasteiger partial charge in [0, 0.05) is 0 Å². The van der Waals surface area contributed by atoms with E-state index in [0.717, 1.165) is 24.7 Å². The summed E-state index contributed by atoms with van der Waals surface area (Å²) >= 11 is 0. The van der Waals surface area contributed by atoms with Crippen molar-refractivity contribution in [3.63, 3.8) is 0 Å². The van der Waals surface area contributed by atoms with Gasteiger partial charge in [0.2, 0.25) is 0 Å². The molecule has 0 N–H and O–H groups in total. The first-order valence-corrected chi connectivity index (χ1v) is 13.6. The van der Waals surface area contributed by atoms with Gasteiger partial charge in [-0.1, -0.05) is 113 Å². The SMILES string of the molecule is C=C(CC)CC/C=C\CCC.C=C1CC(C/C=C/CC/C=C/C2=CCCC2)[C@H](C)C1.CC. The summed E-state index contributed by atoms with van der Waals surface area (Å²) in [7, 11) is 0. The van der Waals surface area contributed by atoms with Gasteiger partial charge in [-0.25, -0.2) is 0 Å². The van der Waals surface area contributed by atoms with Crippen molar-refractivity contribution in [3.05, 3.63) is 72.4 Å². The Morgan fingerprint density at radius 3 is 2.25 bits per heavy atom. The first kappa shape index (κ1) is 30.4. The Morgan fingerprint density at radius 2 is 1.66 bits per heavy atom. The molecule has 2 rings (SSSR count). The third-order valence-electron chi connectivity index (χ3n) is 6.27. The maximum Gasteiger partial charge on any atom is -0.0279 e. The van der Waals surface area contributed by atoms with Gasteiger partial charge in [-0.2, -0.15) is 0 Å². The number of allylic oxidation sites excluding steroid dienone is 10. The fourth-order valence-electron chi connectivity index (χ4n) is 4.12. The van der Waals surface area contributed by atoms with E-state index in [9.17, 15) is 0 Å². The van der Waals surface area contributed by atoms with Crippen molar-refractivity contribution in [2.24, 2.45) is 11.8 Å². The molecule has 0 aromatic heterocycles. The van der Waals surface area contributed by atoms with Crippen LogP contribution in [0.5, 0.6) is 0 Å². The van der Waals surface area contributed by atoms with E-state index >= 15 is 0 Å². The van der Waals surface area contributed by atoms with Gasteiger partial charge in [0.15, 0.2) is 0 Å². The van der Waals surface area contributed by atoms with Gasteiger partial charge in [-0.15, -0.1) is 0 Å². The van der Waals surface area contributed by atoms with Crippen LogP contribution in [0.4, 0.5) is 0 Å². The number of hydrogen-bond acceptors (Lipinski definition) is 0. The van der Waals surface area contributed by atoms with Crippen molar-refractivity contribution >= 4 is 0 Å². The molecule has 2 atom stereocenters. The Kier molecular flexibility index (Phi) is 20.3. The van der Waals surface area contributed by atoms with Crippen molar-refractivity contribution in [3.8, 4) is 0 Å². The van der Waals surface area contributed by atoms with Crippen molar-refractivity contribution in [2.45, 2.75) is 118 Å². The Balaban J connectivity index is 0.000000635. The lowest BCUT2D eigenvalue weighted by atomic mass is 9.94. The molecule has 0 aromatic carbocycles. The van der Waals surface area contributed by atoms with E-state index < -0.39 is 0 Å². The van der Waals surface area contributed by atoms with E-state index in [-0.39, 0.29) is 0 Å². The molecule has 1 unspecified atom stereocenters. The van der Waals surface area contributed by atoms with Gasteiger partial charge in [0.1, 0.15) is 0 Å². The molecule has 1 saturated carbocycles. The monoisotopic (exact) mass is 438 g/mol. The van der Waals surface area contributed by atoms with Gasteiger partial charge in [-0.3, -0.25) is 0 Å². The van der Waals surface area contributed by atoms with E-state index in [4.69, 9.17) is 0 Å². The minimum atomic E-state index is 0.839. The molecular formula is C32H54. The molecule has 182 valence electrons. The lowest BCUT2D eigenvalue weighted by molar-refractivity contribution is 0.423. The molecule has 0 nitrogen and oxygen atoms in total. The van der Waals surface area contributed by atoms with Crippen molar-refractivity contribution in [1.29, 1.82) is 0 Å². The molecule has 2 aliphatic rings. The molecule has 0 aliphatic heterocycles. The Morgan fingerprint density at radius 1 is 0.969 bits per heavy atom. The summed E-state index contributed by atoms with van der Waals surface area (Å²) in [5.41, 5.74) is 4.37. The van der Waals surface area contributed by atoms with E-state index in [0.29, 0.717) is 0 Å². The van der Waals surface area contributed by atoms with Crippen LogP contribution in [0.3, 0.4) is 0 Å². The second-order valence-electron chi connectivity index (χ2n) is 9.16. The largest absolute Gasteiger partial charge is 0.0999 e. The van der Waals surface area contributed by atoms with Gasteiger partial charge in [-0.05, 0) is 88.9 Å². The van der Waals surface area contributed by atoms with Crippen LogP contribution in [0.25, 0.3) is 0 Å². The van der Waals surface area contributed by atoms with Crippen LogP contribution in [0, 0.1) is 11.8 Å². The normalized spacial score (nSPS) is 20.4. The Bertz CT molecular complexity index is 596. The van der Waals surface area contributed by atoms with E-state index in [2.05, 4.69) is 76.5 Å². The van der Waals surface area contributed by atoms with E-state index in [1.54, 1.807) is 5.57 Å². The summed E-state index contributed by atoms with van der Waals surface area (Å²) in [5, 5.41) is 0. The third kappa shape index (κ3) is 16.1. The quantitative estimate of drug-likeness (QED) is 0.210. The highest BCUT2D eigenvalue weighted by Crippen LogP contribution is 2.36. The molecular weight excluding hydrogens is 384 g/mol. The number of rotatable bonds is 12. The topological polar surface area (TPSA) is 0 Å². The zero-order chi connectivity index (χ0) is 24.0. The summed E-state index contributed by atoms with van der Waals surface area (Å²) in [5.74, 6) is 1.69. The summed E-state index contributed by atoms with van der Waals surface area (Å²) < 4.78 is 0. The minimum Gasteiger partial charge on any atom is -0.0999 e. The summed E-state index contributed by atoms with van der Waals surface area (Å²) in [6.07, 6.45) is 32.3. The smallest absolute Gasteiger partial charge is 0.0279 e. The summed E-state index contributed by atoms with van der Waals surface area (Å²) in [6, 6.07) is 0. The minimum absolute atomic E-state index is 0.839. The molecule has 0 amide bonds. The standard InChI is InChI=1S/C19H28.C11H20.C2H6/c1-16-14-17(2)19(15-16)13-7-5-3-4-6-10-18-11-8-9-12-18;1-4-6-7-8-9-10-11(3)5-2;1-2/h5-7,10-11,17,19H,1,3-4,8-9,12-15H2,2H3;7-8H,3-6,9-10H2,1-2H3;1-2H3/b7-5+,10-6+;8-7-;/t17-,19?;;/m1../s1. The first-order chi connectivity index (χ1) is 15.6. The van der Waals surface area contributed by atoms with Crippen molar-refractivity contribution in [1.82, 2.24) is 0 Å². The molecule has 0 radical (unpaired) electrons. The Hall–Kier alpha value is -1.56. The molecule has 2 aliphatic carbocycles. The molecule has 0 heteroatoms. The first-order valence-electron chi connectivity index (χ1n) is 13.6. The summed E-state index contributed by atoms with van der Waals surface area (Å²) in [6.45, 7) is 18.8. The second-order valence-corrected chi connectivity index (χ2v) is 9.16. The fraction of sp³-hybridized carbons (Fsp3) is 0.625. The third-order valence-corrected chi connectivity index (χ3v) is 6.27. The molecule has 0 spiro atoms. The molecule has 1 fully saturated rings. The molecule has 0 saturated heterocycles. The predicted octanol–water partition coefficient (Wildman–Crippen LogP) is 11.1. The number of unbranched alkanes of at least 4 members (excludes halogenated alkanes) is 2. The average molecular weight is 439 g/mol. The highest BCUT2D eigenvalue weighted by atomic mass is 14.3. The highest BCUT2D eigenvalue weighted by Gasteiger charge is 2.24. The van der Waals surface area contributed by atoms with Crippen LogP contribution in [-0.2, 0) is 0 Å². The van der Waals surface area contributed by atoms with Crippen LogP contribution in [0.1, 0.15) is 118 Å². The maximum atomic E-state index is 4.12. The fourth-order valence-corrected chi connectivity index (χ4v) is 4.12. The van der Waals surface area contributed by atoms with E-state index in [1.165, 1.54) is 81.8 Å². The Labute approximate surface area is 202 Å². The van der Waals surface area contributed by atoms with Gasteiger partial charge < -0.3 is 0 Å². The second kappa shape index (κ2) is 21.3. The molecule has 0 aromatic rings. The van der Waals surface area contributed by atoms with Crippen LogP contribution < -0.4 is 0 Å². The van der Waals surface area contributed by atoms with Gasteiger partial charge >= 0.3 is 0 Å². The van der Waals surface area contributed by atoms with Crippen LogP contribution in [0.2, 0.25) is 0 Å². The van der Waals surface area contributed by atoms with Crippen LogP contribution >= 0.6 is 0 Å². The van der Waals surface area contributed by atoms with Crippen LogP contribution in [-0.4, -0.2) is 0 Å². The number of hydrogen-bond donors (Lipinski definition) is 0. The molecule has 32 heavy (non-hydrogen) atoms. The van der Waals surface area contributed by atoms with Crippen LogP contribution in [0.15, 0.2) is 72.4 Å². The van der Waals surface area contributed by atoms with Crippen molar-refractivity contribution < 1.29 is 0 Å². The maximum absolute atomic E-state index is 4.12. The van der Waals surface area contributed by atoms with E-state index in [1.807, 2.05) is 13.8 Å². The molecule has 0 bridgehead atoms. The lowest BCUT2D eigenvalue weighted by Gasteiger charge is -2.11. The van der Waals surface area contributed by atoms with Gasteiger partial charge in [0.05, 0.1) is 0 Å². The highest BCUT2D eigenvalue weighted by molar-refractivity contribution is 5.21. The molecule has 0 heterocycles. The average Bonchev–Trinajstić information content (AvgIpc) is 3.43. The zero-order valence-corrected chi connectivity index (χ0v) is 22.3.